The molecular weight excluding hydrogens is 364 g/mol. The number of amides is 2. The van der Waals surface area contributed by atoms with E-state index in [1.807, 2.05) is 0 Å². The van der Waals surface area contributed by atoms with Gasteiger partial charge in [0.2, 0.25) is 5.91 Å². The van der Waals surface area contributed by atoms with Crippen LogP contribution in [0.5, 0.6) is 0 Å². The van der Waals surface area contributed by atoms with Gasteiger partial charge in [-0.05, 0) is 25.1 Å². The lowest BCUT2D eigenvalue weighted by molar-refractivity contribution is -0.135. The molecule has 28 heavy (non-hydrogen) atoms. The average molecular weight is 384 g/mol. The van der Waals surface area contributed by atoms with Crippen molar-refractivity contribution >= 4 is 22.9 Å². The number of furan rings is 1. The molecule has 1 aliphatic rings. The number of carbonyl (C=O) groups is 2. The molecule has 0 bridgehead atoms. The zero-order valence-corrected chi connectivity index (χ0v) is 15.7. The first-order valence-corrected chi connectivity index (χ1v) is 8.96. The van der Waals surface area contributed by atoms with E-state index in [9.17, 15) is 9.59 Å². The Balaban J connectivity index is 1.64. The lowest BCUT2D eigenvalue weighted by Gasteiger charge is -2.28. The average Bonchev–Trinajstić information content (AvgIpc) is 3.38. The minimum Gasteiger partial charge on any atom is -0.463 e. The van der Waals surface area contributed by atoms with E-state index in [0.717, 1.165) is 0 Å². The Morgan fingerprint density at radius 1 is 1.29 bits per heavy atom. The largest absolute Gasteiger partial charge is 0.463 e. The first-order valence-electron chi connectivity index (χ1n) is 8.96. The highest BCUT2D eigenvalue weighted by molar-refractivity contribution is 6.07. The fourth-order valence-corrected chi connectivity index (χ4v) is 3.21. The molecule has 4 rings (SSSR count). The van der Waals surface area contributed by atoms with Gasteiger partial charge in [0.25, 0.3) is 11.6 Å². The van der Waals surface area contributed by atoms with E-state index in [1.54, 1.807) is 37.1 Å². The zero-order valence-electron chi connectivity index (χ0n) is 15.7. The first-order chi connectivity index (χ1) is 13.5. The Bertz CT molecular complexity index is 1000. The van der Waals surface area contributed by atoms with Crippen LogP contribution in [0.1, 0.15) is 16.1 Å². The first kappa shape index (κ1) is 18.2. The number of aromatic nitrogens is 2. The summed E-state index contributed by atoms with van der Waals surface area (Å²) in [5.41, 5.74) is 1.64. The number of carbonyl (C=O) groups excluding carboxylic acids is 2. The highest BCUT2D eigenvalue weighted by Gasteiger charge is 2.25. The van der Waals surface area contributed by atoms with Gasteiger partial charge in [0.05, 0.1) is 42.7 Å². The third-order valence-corrected chi connectivity index (χ3v) is 4.70. The Hall–Kier alpha value is -3.20. The second kappa shape index (κ2) is 7.43. The quantitative estimate of drug-likeness (QED) is 0.675. The lowest BCUT2D eigenvalue weighted by atomic mass is 10.1. The molecule has 9 heteroatoms. The van der Waals surface area contributed by atoms with E-state index in [2.05, 4.69) is 10.1 Å². The third-order valence-electron chi connectivity index (χ3n) is 4.70. The van der Waals surface area contributed by atoms with Crippen LogP contribution in [0.4, 0.5) is 0 Å². The van der Waals surface area contributed by atoms with E-state index < -0.39 is 0 Å². The van der Waals surface area contributed by atoms with Gasteiger partial charge in [0.1, 0.15) is 5.69 Å². The molecule has 3 aromatic heterocycles. The Labute approximate surface area is 160 Å². The van der Waals surface area contributed by atoms with Crippen LogP contribution in [0.25, 0.3) is 22.6 Å². The van der Waals surface area contributed by atoms with Gasteiger partial charge in [-0.1, -0.05) is 5.16 Å². The number of fused-ring (bicyclic) bond motifs is 1. The van der Waals surface area contributed by atoms with Crippen LogP contribution in [0.2, 0.25) is 0 Å². The standard InChI is InChI=1S/C19H20N4O5/c1-12-17-13(10-14(15-4-3-7-27-15)20-18(17)28-21-12)19(25)22(2)11-16(24)23-5-8-26-9-6-23/h3-4,7,10H,5-6,8-9,11H2,1-2H3. The summed E-state index contributed by atoms with van der Waals surface area (Å²) in [5, 5.41) is 4.46. The van der Waals surface area contributed by atoms with Gasteiger partial charge in [-0.25, -0.2) is 4.98 Å². The van der Waals surface area contributed by atoms with Gasteiger partial charge in [0, 0.05) is 20.1 Å². The minimum absolute atomic E-state index is 0.0247. The zero-order chi connectivity index (χ0) is 19.7. The molecule has 1 fully saturated rings. The van der Waals surface area contributed by atoms with E-state index in [0.29, 0.717) is 54.4 Å². The Kier molecular flexibility index (Phi) is 4.82. The van der Waals surface area contributed by atoms with Gasteiger partial charge >= 0.3 is 0 Å². The van der Waals surface area contributed by atoms with Crippen LogP contribution < -0.4 is 0 Å². The van der Waals surface area contributed by atoms with Crippen molar-refractivity contribution < 1.29 is 23.3 Å². The smallest absolute Gasteiger partial charge is 0.259 e. The highest BCUT2D eigenvalue weighted by atomic mass is 16.5. The molecule has 1 aliphatic heterocycles. The number of pyridine rings is 1. The predicted octanol–water partition coefficient (Wildman–Crippen LogP) is 1.72. The van der Waals surface area contributed by atoms with Crippen LogP contribution in [0, 0.1) is 6.92 Å². The summed E-state index contributed by atoms with van der Waals surface area (Å²) in [4.78, 5) is 33.1. The van der Waals surface area contributed by atoms with Crippen LogP contribution in [-0.4, -0.2) is 71.7 Å². The van der Waals surface area contributed by atoms with E-state index in [1.165, 1.54) is 11.2 Å². The van der Waals surface area contributed by atoms with Crippen molar-refractivity contribution in [2.45, 2.75) is 6.92 Å². The summed E-state index contributed by atoms with van der Waals surface area (Å²) in [7, 11) is 1.60. The van der Waals surface area contributed by atoms with E-state index in [-0.39, 0.29) is 24.1 Å². The topological polar surface area (TPSA) is 102 Å². The summed E-state index contributed by atoms with van der Waals surface area (Å²) in [6.45, 7) is 3.82. The third kappa shape index (κ3) is 3.36. The maximum Gasteiger partial charge on any atom is 0.259 e. The number of likely N-dealkylation sites (N-methyl/N-ethyl adjacent to an activating group) is 1. The number of nitrogens with zero attached hydrogens (tertiary/aromatic N) is 4. The van der Waals surface area contributed by atoms with Crippen molar-refractivity contribution in [3.63, 3.8) is 0 Å². The van der Waals surface area contributed by atoms with Gasteiger partial charge in [-0.15, -0.1) is 0 Å². The molecule has 0 spiro atoms. The maximum atomic E-state index is 13.2. The molecule has 0 saturated carbocycles. The summed E-state index contributed by atoms with van der Waals surface area (Å²) in [6.07, 6.45) is 1.53. The molecular formula is C19H20N4O5. The van der Waals surface area contributed by atoms with Gasteiger partial charge in [0.15, 0.2) is 5.76 Å². The minimum atomic E-state index is -0.312. The molecule has 0 aromatic carbocycles. The summed E-state index contributed by atoms with van der Waals surface area (Å²) in [5.74, 6) is 0.0860. The molecule has 2 amide bonds. The fourth-order valence-electron chi connectivity index (χ4n) is 3.21. The van der Waals surface area contributed by atoms with Crippen molar-refractivity contribution in [2.24, 2.45) is 0 Å². The van der Waals surface area contributed by atoms with Gasteiger partial charge < -0.3 is 23.5 Å². The molecule has 3 aromatic rings. The number of morpholine rings is 1. The second-order valence-corrected chi connectivity index (χ2v) is 6.63. The van der Waals surface area contributed by atoms with Crippen LogP contribution in [0.3, 0.4) is 0 Å². The molecule has 0 aliphatic carbocycles. The fraction of sp³-hybridized carbons (Fsp3) is 0.368. The Morgan fingerprint density at radius 3 is 2.79 bits per heavy atom. The van der Waals surface area contributed by atoms with Gasteiger partial charge in [-0.3, -0.25) is 9.59 Å². The van der Waals surface area contributed by atoms with Crippen LogP contribution >= 0.6 is 0 Å². The number of rotatable bonds is 4. The molecule has 1 saturated heterocycles. The normalized spacial score (nSPS) is 14.4. The predicted molar refractivity (Wildman–Crippen MR) is 98.6 cm³/mol. The van der Waals surface area contributed by atoms with Crippen LogP contribution in [-0.2, 0) is 9.53 Å². The number of hydrogen-bond donors (Lipinski definition) is 0. The van der Waals surface area contributed by atoms with Crippen molar-refractivity contribution in [3.05, 3.63) is 35.7 Å². The van der Waals surface area contributed by atoms with E-state index >= 15 is 0 Å². The van der Waals surface area contributed by atoms with Crippen molar-refractivity contribution in [3.8, 4) is 11.5 Å². The SMILES string of the molecule is Cc1noc2nc(-c3ccco3)cc(C(=O)N(C)CC(=O)N3CCOCC3)c12. The van der Waals surface area contributed by atoms with Crippen molar-refractivity contribution in [2.75, 3.05) is 39.9 Å². The molecule has 0 N–H and O–H groups in total. The molecule has 9 nitrogen and oxygen atoms in total. The molecule has 4 heterocycles. The maximum absolute atomic E-state index is 13.2. The molecule has 0 radical (unpaired) electrons. The molecule has 0 atom stereocenters. The number of hydrogen-bond acceptors (Lipinski definition) is 7. The summed E-state index contributed by atoms with van der Waals surface area (Å²) >= 11 is 0. The van der Waals surface area contributed by atoms with E-state index in [4.69, 9.17) is 13.7 Å². The second-order valence-electron chi connectivity index (χ2n) is 6.63. The lowest BCUT2D eigenvalue weighted by Crippen LogP contribution is -2.46. The molecule has 146 valence electrons. The Morgan fingerprint density at radius 2 is 2.07 bits per heavy atom. The monoisotopic (exact) mass is 384 g/mol. The summed E-state index contributed by atoms with van der Waals surface area (Å²) in [6, 6.07) is 5.13. The number of aryl methyl sites for hydroxylation is 1. The van der Waals surface area contributed by atoms with Crippen molar-refractivity contribution in [1.29, 1.82) is 0 Å². The highest BCUT2D eigenvalue weighted by Crippen LogP contribution is 2.28. The molecule has 0 unspecified atom stereocenters. The van der Waals surface area contributed by atoms with Crippen LogP contribution in [0.15, 0.2) is 33.4 Å². The van der Waals surface area contributed by atoms with Crippen molar-refractivity contribution in [1.82, 2.24) is 19.9 Å². The number of ether oxygens (including phenoxy) is 1. The van der Waals surface area contributed by atoms with Gasteiger partial charge in [-0.2, -0.15) is 0 Å². The summed E-state index contributed by atoms with van der Waals surface area (Å²) < 4.78 is 15.9.